The van der Waals surface area contributed by atoms with Gasteiger partial charge in [-0.2, -0.15) is 0 Å². The molecule has 2 aromatic rings. The molecule has 1 aromatic carbocycles. The maximum absolute atomic E-state index is 12.8. The highest BCUT2D eigenvalue weighted by Crippen LogP contribution is 2.22. The fourth-order valence-electron chi connectivity index (χ4n) is 3.52. The molecule has 0 aliphatic heterocycles. The number of aliphatic hydroxyl groups is 1. The Hall–Kier alpha value is -1.64. The van der Waals surface area contributed by atoms with Gasteiger partial charge in [-0.05, 0) is 31.0 Å². The standard InChI is InChI=1S/C17H25N3O4S/c1-19-14-10-9-12(11-15(14)20(2)17(19)22)25(23,24)18-13-7-5-3-4-6-8-16(13)21/h9-11,13,16,18,21H,3-8H2,1-2H3/t13-,16-/m0/s1. The number of fused-ring (bicyclic) bond motifs is 1. The van der Waals surface area contributed by atoms with Crippen molar-refractivity contribution in [2.24, 2.45) is 14.1 Å². The summed E-state index contributed by atoms with van der Waals surface area (Å²) in [4.78, 5) is 12.1. The molecule has 2 atom stereocenters. The molecule has 1 aromatic heterocycles. The van der Waals surface area contributed by atoms with E-state index in [1.807, 2.05) is 0 Å². The zero-order chi connectivity index (χ0) is 18.2. The first kappa shape index (κ1) is 18.2. The second-order valence-corrected chi connectivity index (χ2v) is 8.55. The van der Waals surface area contributed by atoms with Gasteiger partial charge in [0.05, 0.1) is 22.0 Å². The Morgan fingerprint density at radius 3 is 2.40 bits per heavy atom. The summed E-state index contributed by atoms with van der Waals surface area (Å²) in [6, 6.07) is 4.17. The second kappa shape index (κ2) is 6.93. The van der Waals surface area contributed by atoms with Crippen molar-refractivity contribution in [1.29, 1.82) is 0 Å². The van der Waals surface area contributed by atoms with Gasteiger partial charge in [-0.3, -0.25) is 9.13 Å². The summed E-state index contributed by atoms with van der Waals surface area (Å²) in [7, 11) is -0.495. The third kappa shape index (κ3) is 3.51. The largest absolute Gasteiger partial charge is 0.391 e. The van der Waals surface area contributed by atoms with Crippen LogP contribution < -0.4 is 10.4 Å². The minimum Gasteiger partial charge on any atom is -0.391 e. The third-order valence-electron chi connectivity index (χ3n) is 5.09. The quantitative estimate of drug-likeness (QED) is 0.853. The van der Waals surface area contributed by atoms with Crippen LogP contribution in [0.3, 0.4) is 0 Å². The van der Waals surface area contributed by atoms with Crippen molar-refractivity contribution in [3.05, 3.63) is 28.7 Å². The Bertz CT molecular complexity index is 929. The lowest BCUT2D eigenvalue weighted by molar-refractivity contribution is 0.114. The summed E-state index contributed by atoms with van der Waals surface area (Å²) in [5.41, 5.74) is 1.04. The van der Waals surface area contributed by atoms with Gasteiger partial charge in [0.15, 0.2) is 0 Å². The summed E-state index contributed by atoms with van der Waals surface area (Å²) < 4.78 is 31.1. The fraction of sp³-hybridized carbons (Fsp3) is 0.588. The van der Waals surface area contributed by atoms with E-state index in [1.54, 1.807) is 20.2 Å². The van der Waals surface area contributed by atoms with Crippen LogP contribution in [0.15, 0.2) is 27.9 Å². The number of nitrogens with zero attached hydrogens (tertiary/aromatic N) is 2. The molecular weight excluding hydrogens is 342 g/mol. The van der Waals surface area contributed by atoms with Crippen molar-refractivity contribution in [3.63, 3.8) is 0 Å². The number of aromatic nitrogens is 2. The fourth-order valence-corrected chi connectivity index (χ4v) is 4.85. The van der Waals surface area contributed by atoms with Crippen LogP contribution in [0.25, 0.3) is 11.0 Å². The average Bonchev–Trinajstić information content (AvgIpc) is 2.79. The Balaban J connectivity index is 1.92. The van der Waals surface area contributed by atoms with E-state index in [-0.39, 0.29) is 10.6 Å². The van der Waals surface area contributed by atoms with Crippen LogP contribution in [0.1, 0.15) is 38.5 Å². The summed E-state index contributed by atoms with van der Waals surface area (Å²) in [5, 5.41) is 10.3. The minimum absolute atomic E-state index is 0.107. The van der Waals surface area contributed by atoms with E-state index in [0.717, 1.165) is 25.7 Å². The van der Waals surface area contributed by atoms with Gasteiger partial charge in [0.25, 0.3) is 0 Å². The van der Waals surface area contributed by atoms with Crippen LogP contribution in [0.5, 0.6) is 0 Å². The summed E-state index contributed by atoms with van der Waals surface area (Å²) in [6.45, 7) is 0. The summed E-state index contributed by atoms with van der Waals surface area (Å²) in [6.07, 6.45) is 4.53. The molecule has 0 bridgehead atoms. The van der Waals surface area contributed by atoms with E-state index in [9.17, 15) is 18.3 Å². The van der Waals surface area contributed by atoms with E-state index in [1.165, 1.54) is 21.3 Å². The molecule has 1 saturated carbocycles. The number of imidazole rings is 1. The second-order valence-electron chi connectivity index (χ2n) is 6.84. The van der Waals surface area contributed by atoms with Gasteiger partial charge in [0.2, 0.25) is 10.0 Å². The number of benzene rings is 1. The SMILES string of the molecule is Cn1c(=O)n(C)c2cc(S(=O)(=O)N[C@H]3CCCCCC[C@@H]3O)ccc21. The van der Waals surface area contributed by atoms with Gasteiger partial charge in [-0.25, -0.2) is 17.9 Å². The van der Waals surface area contributed by atoms with Gasteiger partial charge in [-0.1, -0.05) is 25.7 Å². The highest BCUT2D eigenvalue weighted by Gasteiger charge is 2.27. The number of nitrogens with one attached hydrogen (secondary N) is 1. The highest BCUT2D eigenvalue weighted by atomic mass is 32.2. The third-order valence-corrected chi connectivity index (χ3v) is 6.58. The van der Waals surface area contributed by atoms with Crippen molar-refractivity contribution in [2.75, 3.05) is 0 Å². The van der Waals surface area contributed by atoms with Gasteiger partial charge in [-0.15, -0.1) is 0 Å². The molecule has 2 N–H and O–H groups in total. The molecule has 7 nitrogen and oxygen atoms in total. The molecule has 0 radical (unpaired) electrons. The number of hydrogen-bond donors (Lipinski definition) is 2. The minimum atomic E-state index is -3.77. The molecule has 3 rings (SSSR count). The van der Waals surface area contributed by atoms with E-state index in [2.05, 4.69) is 4.72 Å². The van der Waals surface area contributed by atoms with Gasteiger partial charge in [0.1, 0.15) is 0 Å². The van der Waals surface area contributed by atoms with E-state index < -0.39 is 22.2 Å². The van der Waals surface area contributed by atoms with Crippen LogP contribution in [0, 0.1) is 0 Å². The first-order chi connectivity index (χ1) is 11.8. The zero-order valence-electron chi connectivity index (χ0n) is 14.6. The molecule has 25 heavy (non-hydrogen) atoms. The normalized spacial score (nSPS) is 22.7. The molecule has 0 spiro atoms. The van der Waals surface area contributed by atoms with Crippen molar-refractivity contribution in [2.45, 2.75) is 55.6 Å². The topological polar surface area (TPSA) is 93.3 Å². The Labute approximate surface area is 147 Å². The first-order valence-corrected chi connectivity index (χ1v) is 10.2. The highest BCUT2D eigenvalue weighted by molar-refractivity contribution is 7.89. The maximum Gasteiger partial charge on any atom is 0.328 e. The molecule has 1 aliphatic carbocycles. The molecule has 1 aliphatic rings. The Morgan fingerprint density at radius 2 is 1.68 bits per heavy atom. The molecule has 0 amide bonds. The smallest absolute Gasteiger partial charge is 0.328 e. The van der Waals surface area contributed by atoms with Crippen LogP contribution in [0.4, 0.5) is 0 Å². The number of rotatable bonds is 3. The molecule has 1 heterocycles. The van der Waals surface area contributed by atoms with E-state index >= 15 is 0 Å². The van der Waals surface area contributed by atoms with Crippen LogP contribution in [-0.2, 0) is 24.1 Å². The van der Waals surface area contributed by atoms with Crippen LogP contribution in [0.2, 0.25) is 0 Å². The van der Waals surface area contributed by atoms with E-state index in [4.69, 9.17) is 0 Å². The summed E-state index contributed by atoms with van der Waals surface area (Å²) in [5.74, 6) is 0. The van der Waals surface area contributed by atoms with Gasteiger partial charge >= 0.3 is 5.69 Å². The van der Waals surface area contributed by atoms with Crippen LogP contribution in [-0.4, -0.2) is 34.8 Å². The molecule has 138 valence electrons. The number of sulfonamides is 1. The summed E-state index contributed by atoms with van der Waals surface area (Å²) >= 11 is 0. The zero-order valence-corrected chi connectivity index (χ0v) is 15.4. The van der Waals surface area contributed by atoms with Crippen molar-refractivity contribution in [3.8, 4) is 0 Å². The Kier molecular flexibility index (Phi) is 5.04. The van der Waals surface area contributed by atoms with Gasteiger partial charge in [0, 0.05) is 20.1 Å². The van der Waals surface area contributed by atoms with Crippen molar-refractivity contribution < 1.29 is 13.5 Å². The first-order valence-electron chi connectivity index (χ1n) is 8.67. The predicted molar refractivity (Wildman–Crippen MR) is 96.0 cm³/mol. The maximum atomic E-state index is 12.8. The predicted octanol–water partition coefficient (Wildman–Crippen LogP) is 1.24. The number of aryl methyl sites for hydroxylation is 2. The number of aliphatic hydroxyl groups excluding tert-OH is 1. The monoisotopic (exact) mass is 367 g/mol. The van der Waals surface area contributed by atoms with Gasteiger partial charge < -0.3 is 5.11 Å². The molecule has 1 fully saturated rings. The van der Waals surface area contributed by atoms with Crippen molar-refractivity contribution >= 4 is 21.1 Å². The van der Waals surface area contributed by atoms with E-state index in [0.29, 0.717) is 23.9 Å². The van der Waals surface area contributed by atoms with Crippen molar-refractivity contribution in [1.82, 2.24) is 13.9 Å². The molecule has 0 saturated heterocycles. The molecule has 0 unspecified atom stereocenters. The average molecular weight is 367 g/mol. The lowest BCUT2D eigenvalue weighted by atomic mass is 9.95. The number of hydrogen-bond acceptors (Lipinski definition) is 4. The molecular formula is C17H25N3O4S. The molecule has 8 heteroatoms. The lowest BCUT2D eigenvalue weighted by Crippen LogP contribution is -2.43. The lowest BCUT2D eigenvalue weighted by Gasteiger charge is -2.26. The van der Waals surface area contributed by atoms with Crippen LogP contribution >= 0.6 is 0 Å². The Morgan fingerprint density at radius 1 is 1.04 bits per heavy atom.